The molecule has 0 heterocycles. The summed E-state index contributed by atoms with van der Waals surface area (Å²) in [6, 6.07) is 2.84. The van der Waals surface area contributed by atoms with E-state index in [0.717, 1.165) is 32.4 Å². The first kappa shape index (κ1) is 16.7. The van der Waals surface area contributed by atoms with E-state index < -0.39 is 28.3 Å². The van der Waals surface area contributed by atoms with Gasteiger partial charge in [0.25, 0.3) is 0 Å². The van der Waals surface area contributed by atoms with Gasteiger partial charge in [0.05, 0.1) is 19.8 Å². The van der Waals surface area contributed by atoms with E-state index in [4.69, 9.17) is 23.2 Å². The minimum absolute atomic E-state index is 0.0630. The van der Waals surface area contributed by atoms with Gasteiger partial charge >= 0.3 is 17.9 Å². The van der Waals surface area contributed by atoms with Crippen molar-refractivity contribution in [1.29, 1.82) is 0 Å². The lowest BCUT2D eigenvalue weighted by atomic mass is 10.0. The first-order chi connectivity index (χ1) is 9.25. The van der Waals surface area contributed by atoms with Crippen LogP contribution in [0.15, 0.2) is 18.2 Å². The van der Waals surface area contributed by atoms with Crippen LogP contribution in [0, 0.1) is 0 Å². The predicted octanol–water partition coefficient (Wildman–Crippen LogP) is 3.21. The number of methoxy groups -OCH3 is 2. The number of benzene rings is 1. The van der Waals surface area contributed by atoms with E-state index in [0.29, 0.717) is 0 Å². The van der Waals surface area contributed by atoms with Gasteiger partial charge in [-0.3, -0.25) is 0 Å². The third-order valence-corrected chi connectivity index (χ3v) is 2.97. The number of alkyl halides is 4. The Morgan fingerprint density at radius 3 is 2.25 bits per heavy atom. The zero-order chi connectivity index (χ0) is 15.5. The molecule has 0 aliphatic carbocycles. The van der Waals surface area contributed by atoms with Gasteiger partial charge < -0.3 is 9.47 Å². The van der Waals surface area contributed by atoms with E-state index in [9.17, 15) is 18.4 Å². The van der Waals surface area contributed by atoms with Gasteiger partial charge in [0.2, 0.25) is 0 Å². The second-order valence-electron chi connectivity index (χ2n) is 3.66. The van der Waals surface area contributed by atoms with Crippen LogP contribution in [-0.4, -0.2) is 26.2 Å². The van der Waals surface area contributed by atoms with E-state index >= 15 is 0 Å². The van der Waals surface area contributed by atoms with Crippen LogP contribution in [0.3, 0.4) is 0 Å². The molecule has 1 aromatic rings. The lowest BCUT2D eigenvalue weighted by molar-refractivity contribution is -0.170. The fourth-order valence-corrected chi connectivity index (χ4v) is 1.84. The Hall–Kier alpha value is -1.40. The van der Waals surface area contributed by atoms with E-state index in [-0.39, 0.29) is 11.1 Å². The molecular weight excluding hydrogens is 317 g/mol. The lowest BCUT2D eigenvalue weighted by Crippen LogP contribution is -2.27. The van der Waals surface area contributed by atoms with Crippen molar-refractivity contribution in [2.75, 3.05) is 14.2 Å². The Morgan fingerprint density at radius 1 is 1.20 bits per heavy atom. The summed E-state index contributed by atoms with van der Waals surface area (Å²) in [6.07, 6.45) is 0. The summed E-state index contributed by atoms with van der Waals surface area (Å²) in [5, 5.41) is 0. The molecule has 0 amide bonds. The van der Waals surface area contributed by atoms with Crippen LogP contribution < -0.4 is 0 Å². The van der Waals surface area contributed by atoms with Crippen LogP contribution in [-0.2, 0) is 20.2 Å². The largest absolute Gasteiger partial charge is 0.465 e. The summed E-state index contributed by atoms with van der Waals surface area (Å²) in [5.41, 5.74) is -0.827. The fraction of sp³-hybridized carbons (Fsp3) is 0.333. The second-order valence-corrected chi connectivity index (χ2v) is 4.76. The quantitative estimate of drug-likeness (QED) is 0.629. The third kappa shape index (κ3) is 3.19. The van der Waals surface area contributed by atoms with E-state index in [1.165, 1.54) is 0 Å². The maximum atomic E-state index is 13.7. The number of carbonyl (C=O) groups excluding carboxylic acids is 2. The SMILES string of the molecule is COC(=O)c1ccc(C(F)(F)C(=O)OC)cc1C(Cl)Cl. The van der Waals surface area contributed by atoms with Crippen molar-refractivity contribution in [2.45, 2.75) is 10.8 Å². The van der Waals surface area contributed by atoms with Crippen molar-refractivity contribution in [2.24, 2.45) is 0 Å². The Balaban J connectivity index is 3.37. The normalized spacial score (nSPS) is 11.3. The summed E-state index contributed by atoms with van der Waals surface area (Å²) in [5.74, 6) is -6.38. The smallest absolute Gasteiger partial charge is 0.381 e. The average molecular weight is 327 g/mol. The van der Waals surface area contributed by atoms with E-state index in [1.807, 2.05) is 0 Å². The standard InChI is InChI=1S/C12H10Cl2F2O4/c1-19-10(17)7-4-3-6(5-8(7)9(13)14)12(15,16)11(18)20-2/h3-5,9H,1-2H3. The molecule has 110 valence electrons. The molecule has 0 saturated heterocycles. The lowest BCUT2D eigenvalue weighted by Gasteiger charge is -2.16. The van der Waals surface area contributed by atoms with Crippen LogP contribution in [0.1, 0.15) is 26.3 Å². The number of esters is 2. The molecule has 0 fully saturated rings. The number of ether oxygens (including phenoxy) is 2. The molecule has 0 bridgehead atoms. The molecule has 0 N–H and O–H groups in total. The van der Waals surface area contributed by atoms with Crippen LogP contribution in [0.2, 0.25) is 0 Å². The molecule has 20 heavy (non-hydrogen) atoms. The van der Waals surface area contributed by atoms with E-state index in [2.05, 4.69) is 9.47 Å². The average Bonchev–Trinajstić information content (AvgIpc) is 2.44. The molecular formula is C12H10Cl2F2O4. The summed E-state index contributed by atoms with van der Waals surface area (Å²) in [4.78, 5) is 21.3. The number of rotatable bonds is 4. The van der Waals surface area contributed by atoms with Crippen LogP contribution >= 0.6 is 23.2 Å². The monoisotopic (exact) mass is 326 g/mol. The summed E-state index contributed by atoms with van der Waals surface area (Å²) < 4.78 is 36.0. The summed E-state index contributed by atoms with van der Waals surface area (Å²) >= 11 is 11.3. The number of hydrogen-bond acceptors (Lipinski definition) is 4. The number of carbonyl (C=O) groups is 2. The highest BCUT2D eigenvalue weighted by atomic mass is 35.5. The molecule has 0 aromatic heterocycles. The van der Waals surface area contributed by atoms with Crippen LogP contribution in [0.4, 0.5) is 8.78 Å². The minimum atomic E-state index is -3.87. The van der Waals surface area contributed by atoms with Gasteiger partial charge in [-0.05, 0) is 17.7 Å². The summed E-state index contributed by atoms with van der Waals surface area (Å²) in [7, 11) is 1.96. The van der Waals surface area contributed by atoms with Crippen molar-refractivity contribution in [1.82, 2.24) is 0 Å². The van der Waals surface area contributed by atoms with Gasteiger partial charge in [-0.2, -0.15) is 8.78 Å². The highest BCUT2D eigenvalue weighted by Crippen LogP contribution is 2.35. The molecule has 0 saturated carbocycles. The molecule has 0 aliphatic rings. The van der Waals surface area contributed by atoms with Gasteiger partial charge in [0.15, 0.2) is 0 Å². The minimum Gasteiger partial charge on any atom is -0.465 e. The second kappa shape index (κ2) is 6.37. The molecule has 0 aliphatic heterocycles. The topological polar surface area (TPSA) is 52.6 Å². The Kier molecular flexibility index (Phi) is 5.30. The van der Waals surface area contributed by atoms with Crippen LogP contribution in [0.5, 0.6) is 0 Å². The molecule has 0 radical (unpaired) electrons. The highest BCUT2D eigenvalue weighted by Gasteiger charge is 2.43. The van der Waals surface area contributed by atoms with Crippen molar-refractivity contribution in [3.63, 3.8) is 0 Å². The van der Waals surface area contributed by atoms with Crippen molar-refractivity contribution in [3.05, 3.63) is 34.9 Å². The molecule has 4 nitrogen and oxygen atoms in total. The van der Waals surface area contributed by atoms with E-state index in [1.54, 1.807) is 0 Å². The molecule has 0 atom stereocenters. The first-order valence-corrected chi connectivity index (χ1v) is 6.10. The first-order valence-electron chi connectivity index (χ1n) is 5.22. The van der Waals surface area contributed by atoms with Crippen molar-refractivity contribution in [3.8, 4) is 0 Å². The van der Waals surface area contributed by atoms with Gasteiger partial charge in [0, 0.05) is 5.56 Å². The van der Waals surface area contributed by atoms with Gasteiger partial charge in [-0.1, -0.05) is 6.07 Å². The zero-order valence-corrected chi connectivity index (χ0v) is 12.0. The van der Waals surface area contributed by atoms with Gasteiger partial charge in [-0.25, -0.2) is 9.59 Å². The number of halogens is 4. The fourth-order valence-electron chi connectivity index (χ4n) is 1.48. The molecule has 1 rings (SSSR count). The molecule has 0 spiro atoms. The Morgan fingerprint density at radius 2 is 1.80 bits per heavy atom. The summed E-state index contributed by atoms with van der Waals surface area (Å²) in [6.45, 7) is 0. The predicted molar refractivity (Wildman–Crippen MR) is 68.1 cm³/mol. The third-order valence-electron chi connectivity index (χ3n) is 2.50. The Labute approximate surface area is 123 Å². The van der Waals surface area contributed by atoms with Gasteiger partial charge in [-0.15, -0.1) is 23.2 Å². The zero-order valence-electron chi connectivity index (χ0n) is 10.5. The Bertz CT molecular complexity index is 532. The number of hydrogen-bond donors (Lipinski definition) is 0. The van der Waals surface area contributed by atoms with Crippen molar-refractivity contribution >= 4 is 35.1 Å². The molecule has 8 heteroatoms. The highest BCUT2D eigenvalue weighted by molar-refractivity contribution is 6.44. The van der Waals surface area contributed by atoms with Gasteiger partial charge in [0.1, 0.15) is 4.84 Å². The molecule has 1 aromatic carbocycles. The van der Waals surface area contributed by atoms with Crippen LogP contribution in [0.25, 0.3) is 0 Å². The maximum Gasteiger partial charge on any atom is 0.381 e. The maximum absolute atomic E-state index is 13.7. The van der Waals surface area contributed by atoms with Crippen molar-refractivity contribution < 1.29 is 27.8 Å². The molecule has 0 unspecified atom stereocenters.